The van der Waals surface area contributed by atoms with E-state index >= 15 is 0 Å². The molecule has 0 unspecified atom stereocenters. The molecule has 0 aromatic heterocycles. The van der Waals surface area contributed by atoms with Crippen LogP contribution in [0.25, 0.3) is 0 Å². The van der Waals surface area contributed by atoms with Crippen LogP contribution in [0, 0.1) is 0 Å². The van der Waals surface area contributed by atoms with Crippen LogP contribution in [0.1, 0.15) is 23.1 Å². The van der Waals surface area contributed by atoms with Crippen LogP contribution in [0.2, 0.25) is 5.02 Å². The highest BCUT2D eigenvalue weighted by atomic mass is 35.5. The first-order valence-electron chi connectivity index (χ1n) is 6.29. The Hall–Kier alpha value is -2.00. The van der Waals surface area contributed by atoms with Crippen LogP contribution < -0.4 is 4.74 Å². The number of halogens is 1. The number of methoxy groups -OCH3 is 1. The highest BCUT2D eigenvalue weighted by Gasteiger charge is 2.41. The third kappa shape index (κ3) is 2.14. The van der Waals surface area contributed by atoms with E-state index in [2.05, 4.69) is 0 Å². The summed E-state index contributed by atoms with van der Waals surface area (Å²) in [5.74, 6) is -0.0184. The second-order valence-corrected chi connectivity index (χ2v) is 5.07. The average molecular weight is 289 g/mol. The van der Waals surface area contributed by atoms with E-state index in [1.165, 1.54) is 7.11 Å². The summed E-state index contributed by atoms with van der Waals surface area (Å²) in [5.41, 5.74) is 1.76. The number of benzene rings is 2. The smallest absolute Gasteiger partial charge is 0.317 e. The van der Waals surface area contributed by atoms with Crippen molar-refractivity contribution in [2.24, 2.45) is 0 Å². The highest BCUT2D eigenvalue weighted by molar-refractivity contribution is 6.30. The van der Waals surface area contributed by atoms with Crippen LogP contribution in [0.3, 0.4) is 0 Å². The molecule has 2 aromatic rings. The molecule has 0 aliphatic carbocycles. The lowest BCUT2D eigenvalue weighted by Gasteiger charge is -2.17. The normalized spacial score (nSPS) is 20.1. The predicted octanol–water partition coefficient (Wildman–Crippen LogP) is 3.73. The predicted molar refractivity (Wildman–Crippen MR) is 76.0 cm³/mol. The Kier molecular flexibility index (Phi) is 3.36. The molecule has 1 heterocycles. The van der Waals surface area contributed by atoms with Crippen molar-refractivity contribution in [3.63, 3.8) is 0 Å². The summed E-state index contributed by atoms with van der Waals surface area (Å²) in [4.78, 5) is 12.1. The average Bonchev–Trinajstić information content (AvgIpc) is 2.86. The van der Waals surface area contributed by atoms with E-state index in [9.17, 15) is 4.79 Å². The van der Waals surface area contributed by atoms with Gasteiger partial charge in [0.2, 0.25) is 0 Å². The molecule has 1 aliphatic heterocycles. The maximum atomic E-state index is 12.1. The molecule has 0 fully saturated rings. The van der Waals surface area contributed by atoms with Gasteiger partial charge in [0.25, 0.3) is 0 Å². The molecular formula is C16H13ClO3. The van der Waals surface area contributed by atoms with E-state index in [0.29, 0.717) is 5.02 Å². The first-order valence-corrected chi connectivity index (χ1v) is 6.67. The maximum Gasteiger partial charge on any atom is 0.317 e. The van der Waals surface area contributed by atoms with Crippen molar-refractivity contribution in [3.05, 3.63) is 64.7 Å². The number of ether oxygens (including phenoxy) is 2. The number of carbonyl (C=O) groups is 1. The van der Waals surface area contributed by atoms with Gasteiger partial charge in [-0.05, 0) is 23.8 Å². The second kappa shape index (κ2) is 5.17. The van der Waals surface area contributed by atoms with E-state index in [4.69, 9.17) is 21.1 Å². The molecule has 0 amide bonds. The molecule has 20 heavy (non-hydrogen) atoms. The Morgan fingerprint density at radius 1 is 1.15 bits per heavy atom. The largest absolute Gasteiger partial charge is 0.484 e. The number of esters is 1. The van der Waals surface area contributed by atoms with Gasteiger partial charge < -0.3 is 9.47 Å². The van der Waals surface area contributed by atoms with E-state index < -0.39 is 5.92 Å². The number of hydrogen-bond donors (Lipinski definition) is 0. The Morgan fingerprint density at radius 3 is 2.55 bits per heavy atom. The minimum Gasteiger partial charge on any atom is -0.484 e. The van der Waals surface area contributed by atoms with Gasteiger partial charge in [-0.3, -0.25) is 4.79 Å². The number of rotatable bonds is 2. The van der Waals surface area contributed by atoms with E-state index in [-0.39, 0.29) is 12.1 Å². The highest BCUT2D eigenvalue weighted by Crippen LogP contribution is 2.46. The standard InChI is InChI=1S/C16H13ClO3/c1-19-16(18)14-12-4-2-3-5-13(12)20-15(14)10-6-8-11(17)9-7-10/h2-9,14-15H,1H3/t14-,15-/m1/s1. The van der Waals surface area contributed by atoms with E-state index in [1.54, 1.807) is 12.1 Å². The Morgan fingerprint density at radius 2 is 1.85 bits per heavy atom. The Labute approximate surface area is 122 Å². The third-order valence-corrected chi connectivity index (χ3v) is 3.72. The summed E-state index contributed by atoms with van der Waals surface area (Å²) >= 11 is 5.90. The Balaban J connectivity index is 2.03. The molecule has 3 nitrogen and oxygen atoms in total. The minimum atomic E-state index is -0.447. The van der Waals surface area contributed by atoms with E-state index in [1.807, 2.05) is 36.4 Å². The van der Waals surface area contributed by atoms with Gasteiger partial charge in [0.05, 0.1) is 7.11 Å². The quantitative estimate of drug-likeness (QED) is 0.790. The summed E-state index contributed by atoms with van der Waals surface area (Å²) in [6.07, 6.45) is -0.378. The SMILES string of the molecule is COC(=O)[C@@H]1c2ccccc2O[C@@H]1c1ccc(Cl)cc1. The third-order valence-electron chi connectivity index (χ3n) is 3.46. The number of carbonyl (C=O) groups excluding carboxylic acids is 1. The fraction of sp³-hybridized carbons (Fsp3) is 0.188. The molecule has 102 valence electrons. The monoisotopic (exact) mass is 288 g/mol. The molecule has 1 aliphatic rings. The molecule has 0 radical (unpaired) electrons. The van der Waals surface area contributed by atoms with Gasteiger partial charge in [0, 0.05) is 10.6 Å². The van der Waals surface area contributed by atoms with Crippen LogP contribution in [0.5, 0.6) is 5.75 Å². The van der Waals surface area contributed by atoms with Crippen molar-refractivity contribution < 1.29 is 14.3 Å². The zero-order chi connectivity index (χ0) is 14.1. The van der Waals surface area contributed by atoms with Gasteiger partial charge in [0.15, 0.2) is 0 Å². The van der Waals surface area contributed by atoms with Gasteiger partial charge >= 0.3 is 5.97 Å². The second-order valence-electron chi connectivity index (χ2n) is 4.63. The lowest BCUT2D eigenvalue weighted by molar-refractivity contribution is -0.144. The van der Waals surface area contributed by atoms with Gasteiger partial charge in [0.1, 0.15) is 17.8 Å². The molecule has 2 atom stereocenters. The molecule has 4 heteroatoms. The molecular weight excluding hydrogens is 276 g/mol. The topological polar surface area (TPSA) is 35.5 Å². The summed E-state index contributed by atoms with van der Waals surface area (Å²) in [5, 5.41) is 0.652. The van der Waals surface area contributed by atoms with Crippen molar-refractivity contribution in [2.75, 3.05) is 7.11 Å². The van der Waals surface area contributed by atoms with Crippen LogP contribution in [0.15, 0.2) is 48.5 Å². The van der Waals surface area contributed by atoms with Gasteiger partial charge in [-0.1, -0.05) is 41.9 Å². The zero-order valence-corrected chi connectivity index (χ0v) is 11.6. The molecule has 0 spiro atoms. The fourth-order valence-corrected chi connectivity index (χ4v) is 2.63. The van der Waals surface area contributed by atoms with Crippen molar-refractivity contribution >= 4 is 17.6 Å². The van der Waals surface area contributed by atoms with Crippen LogP contribution in [-0.4, -0.2) is 13.1 Å². The van der Waals surface area contributed by atoms with Crippen LogP contribution >= 0.6 is 11.6 Å². The summed E-state index contributed by atoms with van der Waals surface area (Å²) in [6, 6.07) is 14.9. The van der Waals surface area contributed by atoms with Gasteiger partial charge in [-0.2, -0.15) is 0 Å². The van der Waals surface area contributed by atoms with Crippen LogP contribution in [-0.2, 0) is 9.53 Å². The number of fused-ring (bicyclic) bond motifs is 1. The first kappa shape index (κ1) is 13.0. The van der Waals surface area contributed by atoms with Gasteiger partial charge in [-0.25, -0.2) is 0 Å². The fourth-order valence-electron chi connectivity index (χ4n) is 2.50. The molecule has 3 rings (SSSR count). The van der Waals surface area contributed by atoms with Crippen molar-refractivity contribution in [1.29, 1.82) is 0 Å². The Bertz CT molecular complexity index is 636. The minimum absolute atomic E-state index is 0.296. The number of hydrogen-bond acceptors (Lipinski definition) is 3. The zero-order valence-electron chi connectivity index (χ0n) is 10.9. The van der Waals surface area contributed by atoms with Gasteiger partial charge in [-0.15, -0.1) is 0 Å². The van der Waals surface area contributed by atoms with Crippen molar-refractivity contribution in [3.8, 4) is 5.75 Å². The molecule has 0 saturated carbocycles. The van der Waals surface area contributed by atoms with Crippen molar-refractivity contribution in [1.82, 2.24) is 0 Å². The van der Waals surface area contributed by atoms with Crippen molar-refractivity contribution in [2.45, 2.75) is 12.0 Å². The molecule has 0 N–H and O–H groups in total. The lowest BCUT2D eigenvalue weighted by Crippen LogP contribution is -2.20. The molecule has 0 bridgehead atoms. The number of para-hydroxylation sites is 1. The summed E-state index contributed by atoms with van der Waals surface area (Å²) in [7, 11) is 1.39. The first-order chi connectivity index (χ1) is 9.70. The molecule has 0 saturated heterocycles. The summed E-state index contributed by atoms with van der Waals surface area (Å²) < 4.78 is 10.8. The summed E-state index contributed by atoms with van der Waals surface area (Å²) in [6.45, 7) is 0. The molecule has 2 aromatic carbocycles. The maximum absolute atomic E-state index is 12.1. The van der Waals surface area contributed by atoms with E-state index in [0.717, 1.165) is 16.9 Å². The lowest BCUT2D eigenvalue weighted by atomic mass is 9.91. The van der Waals surface area contributed by atoms with Crippen LogP contribution in [0.4, 0.5) is 0 Å².